The summed E-state index contributed by atoms with van der Waals surface area (Å²) in [5.74, 6) is -6.67. The van der Waals surface area contributed by atoms with Gasteiger partial charge in [-0.3, -0.25) is 4.55 Å². The highest BCUT2D eigenvalue weighted by Crippen LogP contribution is 2.42. The molecule has 0 bridgehead atoms. The predicted octanol–water partition coefficient (Wildman–Crippen LogP) is 2.00. The van der Waals surface area contributed by atoms with E-state index in [1.807, 2.05) is 0 Å². The number of carbonyl (C=O) groups is 1. The molecule has 1 N–H and O–H groups in total. The third-order valence-electron chi connectivity index (χ3n) is 2.08. The van der Waals surface area contributed by atoms with Gasteiger partial charge in [0.1, 0.15) is 0 Å². The van der Waals surface area contributed by atoms with Crippen LogP contribution in [0, 0.1) is 0 Å². The molecule has 0 amide bonds. The van der Waals surface area contributed by atoms with E-state index in [1.165, 1.54) is 0 Å². The topological polar surface area (TPSA) is 80.7 Å². The van der Waals surface area contributed by atoms with Gasteiger partial charge in [-0.2, -0.15) is 26.0 Å². The molecule has 0 saturated carbocycles. The summed E-state index contributed by atoms with van der Waals surface area (Å²) in [7, 11) is -6.37. The molecular weight excluding hydrogens is 296 g/mol. The van der Waals surface area contributed by atoms with Gasteiger partial charge in [-0.25, -0.2) is 4.79 Å². The molecule has 0 heterocycles. The lowest BCUT2D eigenvalue weighted by atomic mass is 10.1. The van der Waals surface area contributed by atoms with Crippen molar-refractivity contribution >= 4 is 16.1 Å². The van der Waals surface area contributed by atoms with Gasteiger partial charge in [0.25, 0.3) is 0 Å². The van der Waals surface area contributed by atoms with Gasteiger partial charge >= 0.3 is 27.3 Å². The van der Waals surface area contributed by atoms with Crippen LogP contribution in [0.15, 0.2) is 12.2 Å². The molecule has 0 aromatic carbocycles. The highest BCUT2D eigenvalue weighted by molar-refractivity contribution is 7.87. The second-order valence-corrected chi connectivity index (χ2v) is 5.16. The van der Waals surface area contributed by atoms with E-state index in [-0.39, 0.29) is 5.57 Å². The minimum atomic E-state index is -6.37. The average molecular weight is 308 g/mol. The molecule has 5 nitrogen and oxygen atoms in total. The van der Waals surface area contributed by atoms with Crippen molar-refractivity contribution in [2.75, 3.05) is 0 Å². The van der Waals surface area contributed by atoms with Gasteiger partial charge in [-0.05, 0) is 13.3 Å². The molecule has 0 radical (unpaired) electrons. The molecule has 0 rings (SSSR count). The van der Waals surface area contributed by atoms with Gasteiger partial charge in [0.05, 0.1) is 0 Å². The Kier molecular flexibility index (Phi) is 5.12. The fourth-order valence-corrected chi connectivity index (χ4v) is 1.48. The first-order valence-electron chi connectivity index (χ1n) is 4.88. The minimum Gasteiger partial charge on any atom is -0.452 e. The maximum Gasteiger partial charge on any atom is 0.435 e. The Hall–Kier alpha value is -1.16. The third-order valence-corrected chi connectivity index (χ3v) is 3.01. The van der Waals surface area contributed by atoms with Crippen molar-refractivity contribution in [3.8, 4) is 0 Å². The molecule has 1 atom stereocenters. The fraction of sp³-hybridized carbons (Fsp3) is 0.667. The SMILES string of the molecule is C=C(C)C(=O)OC(CC)C(F)(F)C(F)(F)S(=O)(=O)O. The van der Waals surface area contributed by atoms with Crippen molar-refractivity contribution in [2.45, 2.75) is 37.5 Å². The second kappa shape index (κ2) is 5.45. The molecule has 0 spiro atoms. The van der Waals surface area contributed by atoms with Crippen LogP contribution in [-0.4, -0.2) is 36.2 Å². The first-order chi connectivity index (χ1) is 8.29. The molecule has 0 fully saturated rings. The lowest BCUT2D eigenvalue weighted by Gasteiger charge is -2.30. The summed E-state index contributed by atoms with van der Waals surface area (Å²) in [6.45, 7) is 5.13. The smallest absolute Gasteiger partial charge is 0.435 e. The van der Waals surface area contributed by atoms with Crippen LogP contribution in [-0.2, 0) is 19.6 Å². The van der Waals surface area contributed by atoms with Gasteiger partial charge in [-0.15, -0.1) is 0 Å². The van der Waals surface area contributed by atoms with E-state index in [0.29, 0.717) is 0 Å². The lowest BCUT2D eigenvalue weighted by Crippen LogP contribution is -2.55. The van der Waals surface area contributed by atoms with Crippen LogP contribution in [0.1, 0.15) is 20.3 Å². The third kappa shape index (κ3) is 3.44. The van der Waals surface area contributed by atoms with E-state index >= 15 is 0 Å². The molecular formula is C9H12F4O5S. The number of carbonyl (C=O) groups excluding carboxylic acids is 1. The van der Waals surface area contributed by atoms with Crippen LogP contribution in [0.3, 0.4) is 0 Å². The Morgan fingerprint density at radius 2 is 1.79 bits per heavy atom. The summed E-state index contributed by atoms with van der Waals surface area (Å²) < 4.78 is 85.6. The van der Waals surface area contributed by atoms with E-state index in [2.05, 4.69) is 11.3 Å². The van der Waals surface area contributed by atoms with E-state index in [4.69, 9.17) is 4.55 Å². The summed E-state index contributed by atoms with van der Waals surface area (Å²) in [5, 5.41) is -5.78. The minimum absolute atomic E-state index is 0.329. The quantitative estimate of drug-likeness (QED) is 0.351. The molecule has 1 unspecified atom stereocenters. The molecule has 0 aromatic rings. The number of ether oxygens (including phenoxy) is 1. The van der Waals surface area contributed by atoms with Crippen molar-refractivity contribution in [1.29, 1.82) is 0 Å². The molecule has 0 aliphatic rings. The molecule has 0 saturated heterocycles. The van der Waals surface area contributed by atoms with Crippen LogP contribution < -0.4 is 0 Å². The van der Waals surface area contributed by atoms with Gasteiger partial charge in [0, 0.05) is 5.57 Å². The van der Waals surface area contributed by atoms with Crippen LogP contribution in [0.25, 0.3) is 0 Å². The largest absolute Gasteiger partial charge is 0.452 e. The first kappa shape index (κ1) is 17.8. The van der Waals surface area contributed by atoms with E-state index in [9.17, 15) is 30.8 Å². The highest BCUT2D eigenvalue weighted by atomic mass is 32.2. The Morgan fingerprint density at radius 1 is 1.37 bits per heavy atom. The van der Waals surface area contributed by atoms with E-state index in [0.717, 1.165) is 13.8 Å². The zero-order valence-electron chi connectivity index (χ0n) is 9.99. The predicted molar refractivity (Wildman–Crippen MR) is 56.4 cm³/mol. The lowest BCUT2D eigenvalue weighted by molar-refractivity contribution is -0.225. The zero-order chi connectivity index (χ0) is 15.6. The van der Waals surface area contributed by atoms with Gasteiger partial charge in [0.2, 0.25) is 0 Å². The number of alkyl halides is 4. The van der Waals surface area contributed by atoms with Crippen molar-refractivity contribution < 1.29 is 40.1 Å². The monoisotopic (exact) mass is 308 g/mol. The zero-order valence-corrected chi connectivity index (χ0v) is 10.8. The number of esters is 1. The van der Waals surface area contributed by atoms with Gasteiger partial charge in [-0.1, -0.05) is 13.5 Å². The molecule has 10 heteroatoms. The molecule has 0 aromatic heterocycles. The first-order valence-corrected chi connectivity index (χ1v) is 6.32. The Balaban J connectivity index is 5.48. The Labute approximate surface area is 107 Å². The van der Waals surface area contributed by atoms with Crippen molar-refractivity contribution in [3.63, 3.8) is 0 Å². The van der Waals surface area contributed by atoms with Gasteiger partial charge < -0.3 is 4.74 Å². The number of hydrogen-bond acceptors (Lipinski definition) is 4. The maximum atomic E-state index is 13.4. The van der Waals surface area contributed by atoms with Crippen LogP contribution in [0.5, 0.6) is 0 Å². The molecule has 0 aliphatic heterocycles. The molecule has 112 valence electrons. The maximum absolute atomic E-state index is 13.4. The highest BCUT2D eigenvalue weighted by Gasteiger charge is 2.70. The summed E-state index contributed by atoms with van der Waals surface area (Å²) in [5.41, 5.74) is -0.329. The van der Waals surface area contributed by atoms with Gasteiger partial charge in [0.15, 0.2) is 6.10 Å². The van der Waals surface area contributed by atoms with Crippen molar-refractivity contribution in [3.05, 3.63) is 12.2 Å². The molecule has 0 aliphatic carbocycles. The molecule has 19 heavy (non-hydrogen) atoms. The average Bonchev–Trinajstić information content (AvgIpc) is 2.22. The van der Waals surface area contributed by atoms with Crippen LogP contribution in [0.2, 0.25) is 0 Å². The summed E-state index contributed by atoms with van der Waals surface area (Å²) >= 11 is 0. The van der Waals surface area contributed by atoms with Crippen LogP contribution >= 0.6 is 0 Å². The van der Waals surface area contributed by atoms with E-state index < -0.39 is 39.8 Å². The normalized spacial score (nSPS) is 14.9. The van der Waals surface area contributed by atoms with E-state index in [1.54, 1.807) is 0 Å². The number of hydrogen-bond donors (Lipinski definition) is 1. The van der Waals surface area contributed by atoms with Crippen LogP contribution in [0.4, 0.5) is 17.6 Å². The summed E-state index contributed by atoms with van der Waals surface area (Å²) in [6.07, 6.45) is -3.52. The fourth-order valence-electron chi connectivity index (χ4n) is 1.00. The number of rotatable bonds is 6. The van der Waals surface area contributed by atoms with Crippen molar-refractivity contribution in [1.82, 2.24) is 0 Å². The standard InChI is InChI=1S/C9H12F4O5S/c1-4-6(18-7(14)5(2)3)8(10,11)9(12,13)19(15,16)17/h6H,2,4H2,1,3H3,(H,15,16,17). The summed E-state index contributed by atoms with van der Waals surface area (Å²) in [4.78, 5) is 11.0. The Bertz CT molecular complexity index is 471. The Morgan fingerprint density at radius 3 is 2.05 bits per heavy atom. The van der Waals surface area contributed by atoms with Crippen molar-refractivity contribution in [2.24, 2.45) is 0 Å². The second-order valence-electron chi connectivity index (χ2n) is 3.70. The number of halogens is 4. The summed E-state index contributed by atoms with van der Waals surface area (Å²) in [6, 6.07) is 0.